The summed E-state index contributed by atoms with van der Waals surface area (Å²) in [5, 5.41) is 5.17. The van der Waals surface area contributed by atoms with Crippen LogP contribution in [0.25, 0.3) is 0 Å². The Morgan fingerprint density at radius 1 is 1.38 bits per heavy atom. The first-order valence-electron chi connectivity index (χ1n) is 6.43. The van der Waals surface area contributed by atoms with Crippen LogP contribution in [0.15, 0.2) is 24.3 Å². The maximum absolute atomic E-state index is 12.0. The molecule has 0 unspecified atom stereocenters. The van der Waals surface area contributed by atoms with Crippen LogP contribution in [0.3, 0.4) is 0 Å². The molecular weight excluding hydrogens is 313 g/mol. The molecule has 1 N–H and O–H groups in total. The van der Waals surface area contributed by atoms with E-state index in [1.807, 2.05) is 18.2 Å². The van der Waals surface area contributed by atoms with Gasteiger partial charge in [-0.15, -0.1) is 0 Å². The van der Waals surface area contributed by atoms with E-state index in [1.165, 1.54) is 0 Å². The van der Waals surface area contributed by atoms with Crippen molar-refractivity contribution in [3.8, 4) is 0 Å². The van der Waals surface area contributed by atoms with Crippen molar-refractivity contribution in [2.24, 2.45) is 0 Å². The number of hydrogen-bond acceptors (Lipinski definition) is 3. The van der Waals surface area contributed by atoms with E-state index in [2.05, 4.69) is 10.6 Å². The van der Waals surface area contributed by atoms with E-state index in [1.54, 1.807) is 24.6 Å². The Balaban J connectivity index is 2.27. The number of carbonyl (C=O) groups excluding carboxylic acids is 1. The molecule has 112 valence electrons. The van der Waals surface area contributed by atoms with Gasteiger partial charge in [-0.3, -0.25) is 9.63 Å². The molecule has 0 spiro atoms. The van der Waals surface area contributed by atoms with E-state index < -0.39 is 5.91 Å². The van der Waals surface area contributed by atoms with Crippen LogP contribution in [0.4, 0.5) is 0 Å². The molecule has 5 nitrogen and oxygen atoms in total. The van der Waals surface area contributed by atoms with Crippen molar-refractivity contribution in [1.82, 2.24) is 15.3 Å². The van der Waals surface area contributed by atoms with Crippen LogP contribution >= 0.6 is 23.2 Å². The lowest BCUT2D eigenvalue weighted by Crippen LogP contribution is -2.24. The fourth-order valence-corrected chi connectivity index (χ4v) is 2.41. The maximum Gasteiger partial charge on any atom is 0.279 e. The van der Waals surface area contributed by atoms with E-state index >= 15 is 0 Å². The van der Waals surface area contributed by atoms with Gasteiger partial charge in [0.15, 0.2) is 0 Å². The molecule has 0 aliphatic carbocycles. The first kappa shape index (κ1) is 15.8. The van der Waals surface area contributed by atoms with Crippen molar-refractivity contribution in [2.45, 2.75) is 20.4 Å². The highest BCUT2D eigenvalue weighted by Gasteiger charge is 2.20. The topological polar surface area (TPSA) is 56.1 Å². The van der Waals surface area contributed by atoms with E-state index in [9.17, 15) is 4.79 Å². The summed E-state index contributed by atoms with van der Waals surface area (Å²) in [7, 11) is 0. The van der Waals surface area contributed by atoms with Gasteiger partial charge in [-0.2, -0.15) is 5.10 Å². The number of nitrogens with zero attached hydrogens (tertiary/aromatic N) is 2. The molecule has 0 aliphatic rings. The summed E-state index contributed by atoms with van der Waals surface area (Å²) in [5.74, 6) is -0.412. The van der Waals surface area contributed by atoms with Gasteiger partial charge in [0, 0.05) is 5.02 Å². The summed E-state index contributed by atoms with van der Waals surface area (Å²) in [4.78, 5) is 16.9. The molecule has 0 bridgehead atoms. The highest BCUT2D eigenvalue weighted by molar-refractivity contribution is 6.33. The zero-order valence-electron chi connectivity index (χ0n) is 11.7. The first-order chi connectivity index (χ1) is 10.0. The van der Waals surface area contributed by atoms with Crippen LogP contribution in [0.2, 0.25) is 10.2 Å². The number of amides is 1. The van der Waals surface area contributed by atoms with Crippen molar-refractivity contribution in [3.05, 3.63) is 51.3 Å². The van der Waals surface area contributed by atoms with E-state index in [0.29, 0.717) is 29.4 Å². The van der Waals surface area contributed by atoms with Crippen molar-refractivity contribution >= 4 is 29.1 Å². The zero-order valence-corrected chi connectivity index (χ0v) is 13.2. The predicted molar refractivity (Wildman–Crippen MR) is 81.6 cm³/mol. The Morgan fingerprint density at radius 2 is 2.10 bits per heavy atom. The largest absolute Gasteiger partial charge is 0.279 e. The summed E-state index contributed by atoms with van der Waals surface area (Å²) in [6.45, 7) is 4.25. The molecule has 0 saturated heterocycles. The number of aryl methyl sites for hydroxylation is 1. The molecule has 0 fully saturated rings. The Morgan fingerprint density at radius 3 is 2.76 bits per heavy atom. The monoisotopic (exact) mass is 327 g/mol. The summed E-state index contributed by atoms with van der Waals surface area (Å²) in [5.41, 5.74) is 4.03. The lowest BCUT2D eigenvalue weighted by atomic mass is 10.2. The maximum atomic E-state index is 12.0. The Labute approximate surface area is 132 Å². The summed E-state index contributed by atoms with van der Waals surface area (Å²) in [6.07, 6.45) is 0. The highest BCUT2D eigenvalue weighted by Crippen LogP contribution is 2.23. The molecule has 0 atom stereocenters. The summed E-state index contributed by atoms with van der Waals surface area (Å²) in [6, 6.07) is 7.41. The average molecular weight is 328 g/mol. The third-order valence-electron chi connectivity index (χ3n) is 2.88. The Hall–Kier alpha value is -1.56. The molecule has 0 saturated carbocycles. The molecule has 0 radical (unpaired) electrons. The van der Waals surface area contributed by atoms with Crippen LogP contribution in [0.5, 0.6) is 0 Å². The summed E-state index contributed by atoms with van der Waals surface area (Å²) < 4.78 is 1.54. The van der Waals surface area contributed by atoms with Gasteiger partial charge in [-0.1, -0.05) is 41.4 Å². The molecule has 2 rings (SSSR count). The number of benzene rings is 1. The third-order valence-corrected chi connectivity index (χ3v) is 3.63. The van der Waals surface area contributed by atoms with Crippen molar-refractivity contribution < 1.29 is 9.63 Å². The molecule has 1 heterocycles. The third kappa shape index (κ3) is 3.56. The van der Waals surface area contributed by atoms with Gasteiger partial charge in [-0.25, -0.2) is 10.2 Å². The average Bonchev–Trinajstić information content (AvgIpc) is 2.73. The number of nitrogens with one attached hydrogen (secondary N) is 1. The number of halogens is 2. The number of hydrogen-bond donors (Lipinski definition) is 1. The van der Waals surface area contributed by atoms with Crippen molar-refractivity contribution in [2.75, 3.05) is 6.61 Å². The SMILES string of the molecule is CCONC(=O)c1c(C)nn(Cc2ccccc2Cl)c1Cl. The minimum atomic E-state index is -0.412. The van der Waals surface area contributed by atoms with Gasteiger partial charge >= 0.3 is 0 Å². The van der Waals surface area contributed by atoms with Crippen molar-refractivity contribution in [3.63, 3.8) is 0 Å². The number of rotatable bonds is 5. The second-order valence-electron chi connectivity index (χ2n) is 4.36. The van der Waals surface area contributed by atoms with Gasteiger partial charge < -0.3 is 0 Å². The number of aromatic nitrogens is 2. The molecule has 1 aromatic carbocycles. The lowest BCUT2D eigenvalue weighted by molar-refractivity contribution is 0.0364. The molecule has 1 aromatic heterocycles. The number of carbonyl (C=O) groups is 1. The minimum absolute atomic E-state index is 0.254. The Kier molecular flexibility index (Phi) is 5.22. The first-order valence-corrected chi connectivity index (χ1v) is 7.18. The molecular formula is C14H15Cl2N3O2. The highest BCUT2D eigenvalue weighted by atomic mass is 35.5. The molecule has 7 heteroatoms. The quantitative estimate of drug-likeness (QED) is 0.858. The van der Waals surface area contributed by atoms with Gasteiger partial charge in [0.1, 0.15) is 10.7 Å². The van der Waals surface area contributed by atoms with E-state index in [4.69, 9.17) is 28.0 Å². The summed E-state index contributed by atoms with van der Waals surface area (Å²) >= 11 is 12.4. The normalized spacial score (nSPS) is 10.7. The van der Waals surface area contributed by atoms with Crippen LogP contribution in [0, 0.1) is 6.92 Å². The molecule has 21 heavy (non-hydrogen) atoms. The van der Waals surface area contributed by atoms with Crippen LogP contribution in [0.1, 0.15) is 28.5 Å². The zero-order chi connectivity index (χ0) is 15.4. The van der Waals surface area contributed by atoms with Crippen LogP contribution in [-0.2, 0) is 11.4 Å². The van der Waals surface area contributed by atoms with Crippen LogP contribution in [-0.4, -0.2) is 22.3 Å². The van der Waals surface area contributed by atoms with Crippen molar-refractivity contribution in [1.29, 1.82) is 0 Å². The lowest BCUT2D eigenvalue weighted by Gasteiger charge is -2.06. The van der Waals surface area contributed by atoms with Gasteiger partial charge in [-0.05, 0) is 25.5 Å². The second kappa shape index (κ2) is 6.93. The standard InChI is InChI=1S/C14H15Cl2N3O2/c1-3-21-18-14(20)12-9(2)17-19(13(12)16)8-10-6-4-5-7-11(10)15/h4-7H,3,8H2,1-2H3,(H,18,20). The van der Waals surface area contributed by atoms with Gasteiger partial charge in [0.05, 0.1) is 18.8 Å². The number of hydroxylamine groups is 1. The molecule has 2 aromatic rings. The predicted octanol–water partition coefficient (Wildman–Crippen LogP) is 3.23. The van der Waals surface area contributed by atoms with E-state index in [0.717, 1.165) is 5.56 Å². The smallest absolute Gasteiger partial charge is 0.274 e. The van der Waals surface area contributed by atoms with Gasteiger partial charge in [0.25, 0.3) is 5.91 Å². The minimum Gasteiger partial charge on any atom is -0.274 e. The van der Waals surface area contributed by atoms with Gasteiger partial charge in [0.2, 0.25) is 0 Å². The Bertz CT molecular complexity index is 656. The molecule has 0 aliphatic heterocycles. The molecule has 1 amide bonds. The second-order valence-corrected chi connectivity index (χ2v) is 5.13. The fraction of sp³-hybridized carbons (Fsp3) is 0.286. The fourth-order valence-electron chi connectivity index (χ4n) is 1.89. The van der Waals surface area contributed by atoms with E-state index in [-0.39, 0.29) is 5.15 Å². The van der Waals surface area contributed by atoms with Crippen LogP contribution < -0.4 is 5.48 Å².